The van der Waals surface area contributed by atoms with E-state index in [4.69, 9.17) is 0 Å². The van der Waals surface area contributed by atoms with Crippen LogP contribution in [0.2, 0.25) is 0 Å². The Morgan fingerprint density at radius 1 is 1.00 bits per heavy atom. The molecule has 5 heteroatoms. The number of aromatic nitrogens is 1. The van der Waals surface area contributed by atoms with E-state index in [1.165, 1.54) is 83.1 Å². The molecule has 0 saturated carbocycles. The SMILES string of the molecule is CCCCCC(CC)CNC(=O)c1cn(CCCN2CCC(N3CCCC3)CC2)c2ccccc12. The molecule has 1 amide bonds. The zero-order valence-electron chi connectivity index (χ0n) is 22.3. The first-order chi connectivity index (χ1) is 17.2. The van der Waals surface area contributed by atoms with E-state index < -0.39 is 0 Å². The molecule has 3 heterocycles. The maximum atomic E-state index is 13.1. The Kier molecular flexibility index (Phi) is 10.1. The van der Waals surface area contributed by atoms with E-state index in [-0.39, 0.29) is 5.91 Å². The van der Waals surface area contributed by atoms with Gasteiger partial charge in [0, 0.05) is 36.2 Å². The molecule has 0 aliphatic carbocycles. The maximum absolute atomic E-state index is 13.1. The van der Waals surface area contributed by atoms with Crippen LogP contribution >= 0.6 is 0 Å². The van der Waals surface area contributed by atoms with E-state index in [1.807, 2.05) is 6.07 Å². The molecule has 1 atom stereocenters. The monoisotopic (exact) mass is 480 g/mol. The van der Waals surface area contributed by atoms with Gasteiger partial charge in [0.1, 0.15) is 0 Å². The summed E-state index contributed by atoms with van der Waals surface area (Å²) >= 11 is 0. The van der Waals surface area contributed by atoms with Crippen molar-refractivity contribution < 1.29 is 4.79 Å². The summed E-state index contributed by atoms with van der Waals surface area (Å²) in [7, 11) is 0. The van der Waals surface area contributed by atoms with E-state index in [2.05, 4.69) is 57.9 Å². The van der Waals surface area contributed by atoms with E-state index in [9.17, 15) is 4.79 Å². The lowest BCUT2D eigenvalue weighted by molar-refractivity contribution is 0.0947. The highest BCUT2D eigenvalue weighted by Crippen LogP contribution is 2.24. The first-order valence-electron chi connectivity index (χ1n) is 14.5. The van der Waals surface area contributed by atoms with Crippen molar-refractivity contribution in [3.05, 3.63) is 36.0 Å². The number of amides is 1. The number of nitrogens with one attached hydrogen (secondary N) is 1. The smallest absolute Gasteiger partial charge is 0.253 e. The Hall–Kier alpha value is -1.85. The van der Waals surface area contributed by atoms with Crippen LogP contribution in [0.15, 0.2) is 30.5 Å². The van der Waals surface area contributed by atoms with Gasteiger partial charge in [-0.1, -0.05) is 57.7 Å². The summed E-state index contributed by atoms with van der Waals surface area (Å²) in [5.41, 5.74) is 2.01. The van der Waals surface area contributed by atoms with Gasteiger partial charge < -0.3 is 19.7 Å². The fraction of sp³-hybridized carbons (Fsp3) is 0.700. The minimum atomic E-state index is 0.0814. The molecule has 4 rings (SSSR count). The van der Waals surface area contributed by atoms with Gasteiger partial charge in [-0.05, 0) is 83.2 Å². The highest BCUT2D eigenvalue weighted by molar-refractivity contribution is 6.07. The van der Waals surface area contributed by atoms with Crippen LogP contribution in [0.5, 0.6) is 0 Å². The Bertz CT molecular complexity index is 908. The number of hydrogen-bond donors (Lipinski definition) is 1. The van der Waals surface area contributed by atoms with Crippen molar-refractivity contribution in [3.63, 3.8) is 0 Å². The van der Waals surface area contributed by atoms with Crippen molar-refractivity contribution in [2.75, 3.05) is 39.3 Å². The average molecular weight is 481 g/mol. The van der Waals surface area contributed by atoms with Gasteiger partial charge in [0.25, 0.3) is 5.91 Å². The molecule has 2 aromatic rings. The Labute approximate surface area is 213 Å². The first-order valence-corrected chi connectivity index (χ1v) is 14.5. The molecule has 5 nitrogen and oxygen atoms in total. The van der Waals surface area contributed by atoms with Crippen molar-refractivity contribution in [2.45, 2.75) is 90.6 Å². The van der Waals surface area contributed by atoms with Gasteiger partial charge in [-0.15, -0.1) is 0 Å². The van der Waals surface area contributed by atoms with E-state index in [0.717, 1.165) is 49.5 Å². The molecule has 2 aliphatic heterocycles. The molecule has 1 aromatic carbocycles. The lowest BCUT2D eigenvalue weighted by Crippen LogP contribution is -2.44. The zero-order chi connectivity index (χ0) is 24.5. The number of rotatable bonds is 13. The van der Waals surface area contributed by atoms with Gasteiger partial charge in [-0.3, -0.25) is 4.79 Å². The van der Waals surface area contributed by atoms with Crippen molar-refractivity contribution in [1.82, 2.24) is 19.7 Å². The van der Waals surface area contributed by atoms with Crippen molar-refractivity contribution >= 4 is 16.8 Å². The number of aryl methyl sites for hydroxylation is 1. The molecular weight excluding hydrogens is 432 g/mol. The molecular formula is C30H48N4O. The van der Waals surface area contributed by atoms with Gasteiger partial charge in [-0.25, -0.2) is 0 Å². The normalized spacial score (nSPS) is 18.9. The van der Waals surface area contributed by atoms with Gasteiger partial charge in [0.15, 0.2) is 0 Å². The third-order valence-electron chi connectivity index (χ3n) is 8.47. The predicted octanol–water partition coefficient (Wildman–Crippen LogP) is 5.93. The summed E-state index contributed by atoms with van der Waals surface area (Å²) in [6, 6.07) is 9.22. The number of benzene rings is 1. The molecule has 0 bridgehead atoms. The van der Waals surface area contributed by atoms with Crippen LogP contribution in [0.25, 0.3) is 10.9 Å². The number of fused-ring (bicyclic) bond motifs is 1. The van der Waals surface area contributed by atoms with Crippen LogP contribution in [-0.2, 0) is 6.54 Å². The molecule has 1 N–H and O–H groups in total. The Morgan fingerprint density at radius 2 is 1.77 bits per heavy atom. The summed E-state index contributed by atoms with van der Waals surface area (Å²) in [4.78, 5) is 18.5. The van der Waals surface area contributed by atoms with Crippen LogP contribution in [-0.4, -0.2) is 65.6 Å². The largest absolute Gasteiger partial charge is 0.352 e. The van der Waals surface area contributed by atoms with Crippen LogP contribution in [0.1, 0.15) is 88.4 Å². The predicted molar refractivity (Wildman–Crippen MR) is 147 cm³/mol. The molecule has 2 fully saturated rings. The second-order valence-corrected chi connectivity index (χ2v) is 10.9. The second kappa shape index (κ2) is 13.5. The summed E-state index contributed by atoms with van der Waals surface area (Å²) in [6.45, 7) is 12.5. The number of carbonyl (C=O) groups excluding carboxylic acids is 1. The highest BCUT2D eigenvalue weighted by atomic mass is 16.1. The summed E-state index contributed by atoms with van der Waals surface area (Å²) in [5, 5.41) is 4.33. The first kappa shape index (κ1) is 26.2. The lowest BCUT2D eigenvalue weighted by atomic mass is 9.98. The van der Waals surface area contributed by atoms with Crippen LogP contribution < -0.4 is 5.32 Å². The van der Waals surface area contributed by atoms with Crippen LogP contribution in [0.4, 0.5) is 0 Å². The molecule has 35 heavy (non-hydrogen) atoms. The molecule has 2 saturated heterocycles. The van der Waals surface area contributed by atoms with Crippen molar-refractivity contribution in [1.29, 1.82) is 0 Å². The minimum absolute atomic E-state index is 0.0814. The van der Waals surface area contributed by atoms with Gasteiger partial charge in [0.05, 0.1) is 5.56 Å². The Balaban J connectivity index is 1.28. The summed E-state index contributed by atoms with van der Waals surface area (Å²) < 4.78 is 2.31. The van der Waals surface area contributed by atoms with Gasteiger partial charge >= 0.3 is 0 Å². The summed E-state index contributed by atoms with van der Waals surface area (Å²) in [6.07, 6.45) is 14.8. The third kappa shape index (κ3) is 7.10. The van der Waals surface area contributed by atoms with Gasteiger partial charge in [-0.2, -0.15) is 0 Å². The van der Waals surface area contributed by atoms with E-state index in [0.29, 0.717) is 5.92 Å². The van der Waals surface area contributed by atoms with Gasteiger partial charge in [0.2, 0.25) is 0 Å². The number of unbranched alkanes of at least 4 members (excludes halogenated alkanes) is 2. The number of para-hydroxylation sites is 1. The lowest BCUT2D eigenvalue weighted by Gasteiger charge is -2.36. The third-order valence-corrected chi connectivity index (χ3v) is 8.47. The zero-order valence-corrected chi connectivity index (χ0v) is 22.3. The quantitative estimate of drug-likeness (QED) is 0.361. The molecule has 194 valence electrons. The molecule has 1 unspecified atom stereocenters. The maximum Gasteiger partial charge on any atom is 0.253 e. The number of likely N-dealkylation sites (tertiary alicyclic amines) is 2. The molecule has 1 aromatic heterocycles. The summed E-state index contributed by atoms with van der Waals surface area (Å²) in [5.74, 6) is 0.659. The molecule has 0 radical (unpaired) electrons. The highest BCUT2D eigenvalue weighted by Gasteiger charge is 2.26. The number of piperidine rings is 1. The van der Waals surface area contributed by atoms with Crippen molar-refractivity contribution in [3.8, 4) is 0 Å². The van der Waals surface area contributed by atoms with Crippen LogP contribution in [0, 0.1) is 5.92 Å². The van der Waals surface area contributed by atoms with E-state index in [1.54, 1.807) is 0 Å². The van der Waals surface area contributed by atoms with Crippen LogP contribution in [0.3, 0.4) is 0 Å². The van der Waals surface area contributed by atoms with E-state index >= 15 is 0 Å². The average Bonchev–Trinajstić information content (AvgIpc) is 3.55. The molecule has 0 spiro atoms. The fourth-order valence-corrected chi connectivity index (χ4v) is 6.16. The topological polar surface area (TPSA) is 40.5 Å². The van der Waals surface area contributed by atoms with Crippen molar-refractivity contribution in [2.24, 2.45) is 5.92 Å². The fourth-order valence-electron chi connectivity index (χ4n) is 6.16. The molecule has 2 aliphatic rings. The standard InChI is InChI=1S/C30H48N4O/c1-3-5-6-12-25(4-2)23-31-30(35)28-24-34(29-14-8-7-13-27(28)29)20-11-17-32-21-15-26(16-22-32)33-18-9-10-19-33/h7-8,13-14,24-26H,3-6,9-12,15-23H2,1-2H3,(H,31,35). The second-order valence-electron chi connectivity index (χ2n) is 10.9. The number of nitrogens with zero attached hydrogens (tertiary/aromatic N) is 3. The minimum Gasteiger partial charge on any atom is -0.352 e. The Morgan fingerprint density at radius 3 is 2.51 bits per heavy atom. The number of hydrogen-bond acceptors (Lipinski definition) is 3. The number of carbonyl (C=O) groups is 1.